The van der Waals surface area contributed by atoms with Crippen LogP contribution in [0.15, 0.2) is 82.2 Å². The van der Waals surface area contributed by atoms with Crippen molar-refractivity contribution in [3.05, 3.63) is 77.3 Å². The summed E-state index contributed by atoms with van der Waals surface area (Å²) in [6.07, 6.45) is 0.0695. The van der Waals surface area contributed by atoms with Gasteiger partial charge in [-0.3, -0.25) is 9.59 Å². The molecule has 31 heavy (non-hydrogen) atoms. The Labute approximate surface area is 188 Å². The number of nitrogens with one attached hydrogen (secondary N) is 2. The van der Waals surface area contributed by atoms with E-state index in [9.17, 15) is 18.0 Å². The Kier molecular flexibility index (Phi) is 7.21. The summed E-state index contributed by atoms with van der Waals surface area (Å²) >= 11 is 3.32. The quantitative estimate of drug-likeness (QED) is 0.450. The summed E-state index contributed by atoms with van der Waals surface area (Å²) in [7, 11) is -3.86. The van der Waals surface area contributed by atoms with Gasteiger partial charge < -0.3 is 10.6 Å². The fourth-order valence-corrected chi connectivity index (χ4v) is 3.92. The Hall–Kier alpha value is -3.01. The van der Waals surface area contributed by atoms with E-state index in [1.807, 2.05) is 12.1 Å². The minimum atomic E-state index is -3.86. The van der Waals surface area contributed by atoms with Crippen molar-refractivity contribution in [1.29, 1.82) is 0 Å². The summed E-state index contributed by atoms with van der Waals surface area (Å²) < 4.78 is 24.5. The summed E-state index contributed by atoms with van der Waals surface area (Å²) in [4.78, 5) is 24.2. The highest BCUT2D eigenvalue weighted by molar-refractivity contribution is 9.10. The number of hydrogen-bond acceptors (Lipinski definition) is 4. The molecule has 2 amide bonds. The van der Waals surface area contributed by atoms with Gasteiger partial charge in [0.15, 0.2) is 0 Å². The Balaban J connectivity index is 1.57. The lowest BCUT2D eigenvalue weighted by Crippen LogP contribution is -2.17. The third-order valence-corrected chi connectivity index (χ3v) is 5.88. The van der Waals surface area contributed by atoms with Gasteiger partial charge in [0.05, 0.1) is 4.90 Å². The molecule has 0 aliphatic heterocycles. The van der Waals surface area contributed by atoms with Crippen molar-refractivity contribution in [2.24, 2.45) is 5.14 Å². The molecular weight excluding hydrogens is 482 g/mol. The molecule has 0 unspecified atom stereocenters. The summed E-state index contributed by atoms with van der Waals surface area (Å²) in [5.41, 5.74) is 2.32. The summed E-state index contributed by atoms with van der Waals surface area (Å²) in [5.74, 6) is -0.559. The maximum Gasteiger partial charge on any atom is 0.238 e. The lowest BCUT2D eigenvalue weighted by atomic mass is 10.1. The van der Waals surface area contributed by atoms with Crippen LogP contribution >= 0.6 is 15.9 Å². The second-order valence-electron chi connectivity index (χ2n) is 6.72. The zero-order valence-corrected chi connectivity index (χ0v) is 18.7. The number of carbonyl (C=O) groups excluding carboxylic acids is 2. The molecule has 0 bridgehead atoms. The van der Waals surface area contributed by atoms with Crippen molar-refractivity contribution in [2.75, 3.05) is 10.6 Å². The average molecular weight is 502 g/mol. The molecule has 9 heteroatoms. The molecule has 0 fully saturated rings. The minimum Gasteiger partial charge on any atom is -0.326 e. The van der Waals surface area contributed by atoms with Crippen LogP contribution in [0.5, 0.6) is 0 Å². The third kappa shape index (κ3) is 6.48. The van der Waals surface area contributed by atoms with E-state index in [-0.39, 0.29) is 29.6 Å². The standard InChI is InChI=1S/C22H20BrN3O4S/c23-16-7-11-18(12-8-16)26-22(28)14-13-21(27)25-17-9-5-15(6-10-17)19-3-1-2-4-20(19)31(24,29)30/h1-12H,13-14H2,(H,25,27)(H,26,28)(H2,24,29,30). The first-order valence-corrected chi connectivity index (χ1v) is 11.6. The number of sulfonamides is 1. The van der Waals surface area contributed by atoms with Gasteiger partial charge in [-0.15, -0.1) is 0 Å². The van der Waals surface area contributed by atoms with Crippen molar-refractivity contribution < 1.29 is 18.0 Å². The Morgan fingerprint density at radius 1 is 0.774 bits per heavy atom. The fourth-order valence-electron chi connectivity index (χ4n) is 2.89. The van der Waals surface area contributed by atoms with E-state index in [0.29, 0.717) is 22.5 Å². The van der Waals surface area contributed by atoms with Gasteiger partial charge in [0.25, 0.3) is 0 Å². The van der Waals surface area contributed by atoms with E-state index in [0.717, 1.165) is 4.47 Å². The van der Waals surface area contributed by atoms with Crippen LogP contribution < -0.4 is 15.8 Å². The van der Waals surface area contributed by atoms with Crippen LogP contribution in [0.4, 0.5) is 11.4 Å². The molecule has 0 saturated heterocycles. The number of benzene rings is 3. The van der Waals surface area contributed by atoms with E-state index >= 15 is 0 Å². The molecule has 0 aliphatic rings. The molecule has 0 atom stereocenters. The minimum absolute atomic E-state index is 0.0262. The van der Waals surface area contributed by atoms with E-state index in [1.165, 1.54) is 6.07 Å². The van der Waals surface area contributed by atoms with Gasteiger partial charge in [0.1, 0.15) is 0 Å². The summed E-state index contributed by atoms with van der Waals surface area (Å²) in [5, 5.41) is 10.7. The van der Waals surface area contributed by atoms with Crippen LogP contribution in [-0.2, 0) is 19.6 Å². The highest BCUT2D eigenvalue weighted by atomic mass is 79.9. The monoisotopic (exact) mass is 501 g/mol. The van der Waals surface area contributed by atoms with Crippen LogP contribution in [0, 0.1) is 0 Å². The number of primary sulfonamides is 1. The second kappa shape index (κ2) is 9.86. The van der Waals surface area contributed by atoms with Gasteiger partial charge in [0, 0.05) is 34.3 Å². The average Bonchev–Trinajstić information content (AvgIpc) is 2.74. The number of amides is 2. The first-order valence-electron chi connectivity index (χ1n) is 9.30. The summed E-state index contributed by atoms with van der Waals surface area (Å²) in [6.45, 7) is 0. The van der Waals surface area contributed by atoms with E-state index in [2.05, 4.69) is 26.6 Å². The molecule has 0 heterocycles. The Morgan fingerprint density at radius 3 is 1.77 bits per heavy atom. The van der Waals surface area contributed by atoms with Crippen LogP contribution in [0.25, 0.3) is 11.1 Å². The number of halogens is 1. The predicted molar refractivity (Wildman–Crippen MR) is 124 cm³/mol. The Bertz CT molecular complexity index is 1190. The topological polar surface area (TPSA) is 118 Å². The van der Waals surface area contributed by atoms with Gasteiger partial charge in [-0.25, -0.2) is 13.6 Å². The molecular formula is C22H20BrN3O4S. The number of nitrogens with two attached hydrogens (primary N) is 1. The Morgan fingerprint density at radius 2 is 1.26 bits per heavy atom. The highest BCUT2D eigenvalue weighted by Crippen LogP contribution is 2.27. The third-order valence-electron chi connectivity index (χ3n) is 4.38. The molecule has 3 rings (SSSR count). The lowest BCUT2D eigenvalue weighted by molar-refractivity contribution is -0.121. The zero-order chi connectivity index (χ0) is 22.4. The number of hydrogen-bond donors (Lipinski definition) is 3. The second-order valence-corrected chi connectivity index (χ2v) is 9.17. The zero-order valence-electron chi connectivity index (χ0n) is 16.3. The van der Waals surface area contributed by atoms with E-state index < -0.39 is 10.0 Å². The lowest BCUT2D eigenvalue weighted by Gasteiger charge is -2.10. The number of anilines is 2. The normalized spacial score (nSPS) is 11.0. The van der Waals surface area contributed by atoms with E-state index in [1.54, 1.807) is 54.6 Å². The van der Waals surface area contributed by atoms with Crippen LogP contribution in [-0.4, -0.2) is 20.2 Å². The molecule has 7 nitrogen and oxygen atoms in total. The molecule has 160 valence electrons. The van der Waals surface area contributed by atoms with Crippen molar-refractivity contribution in [2.45, 2.75) is 17.7 Å². The van der Waals surface area contributed by atoms with Crippen LogP contribution in [0.2, 0.25) is 0 Å². The molecule has 0 spiro atoms. The van der Waals surface area contributed by atoms with E-state index in [4.69, 9.17) is 5.14 Å². The molecule has 3 aromatic carbocycles. The van der Waals surface area contributed by atoms with Crippen molar-refractivity contribution in [3.63, 3.8) is 0 Å². The summed E-state index contributed by atoms with van der Waals surface area (Å²) in [6, 6.07) is 20.3. The van der Waals surface area contributed by atoms with Gasteiger partial charge >= 0.3 is 0 Å². The van der Waals surface area contributed by atoms with Crippen molar-refractivity contribution in [1.82, 2.24) is 0 Å². The molecule has 4 N–H and O–H groups in total. The molecule has 0 radical (unpaired) electrons. The smallest absolute Gasteiger partial charge is 0.238 e. The van der Waals surface area contributed by atoms with Gasteiger partial charge in [0.2, 0.25) is 21.8 Å². The van der Waals surface area contributed by atoms with Crippen molar-refractivity contribution >= 4 is 49.1 Å². The SMILES string of the molecule is NS(=O)(=O)c1ccccc1-c1ccc(NC(=O)CCC(=O)Nc2ccc(Br)cc2)cc1. The van der Waals surface area contributed by atoms with Gasteiger partial charge in [-0.05, 0) is 48.0 Å². The maximum absolute atomic E-state index is 12.2. The first-order chi connectivity index (χ1) is 14.7. The molecule has 0 aromatic heterocycles. The van der Waals surface area contributed by atoms with Crippen molar-refractivity contribution in [3.8, 4) is 11.1 Å². The molecule has 0 saturated carbocycles. The highest BCUT2D eigenvalue weighted by Gasteiger charge is 2.14. The number of rotatable bonds is 7. The molecule has 0 aliphatic carbocycles. The first kappa shape index (κ1) is 22.7. The van der Waals surface area contributed by atoms with Gasteiger partial charge in [-0.2, -0.15) is 0 Å². The van der Waals surface area contributed by atoms with Crippen LogP contribution in [0.1, 0.15) is 12.8 Å². The van der Waals surface area contributed by atoms with Gasteiger partial charge in [-0.1, -0.05) is 46.3 Å². The largest absolute Gasteiger partial charge is 0.326 e. The fraction of sp³-hybridized carbons (Fsp3) is 0.0909. The number of carbonyl (C=O) groups is 2. The molecule has 3 aromatic rings. The maximum atomic E-state index is 12.2. The predicted octanol–water partition coefficient (Wildman–Crippen LogP) is 4.12. The van der Waals surface area contributed by atoms with Crippen LogP contribution in [0.3, 0.4) is 0 Å².